The molecule has 0 spiro atoms. The first-order chi connectivity index (χ1) is 7.74. The maximum atomic E-state index is 11.1. The van der Waals surface area contributed by atoms with Crippen LogP contribution >= 0.6 is 0 Å². The monoisotopic (exact) mass is 224 g/mol. The van der Waals surface area contributed by atoms with Gasteiger partial charge in [0.15, 0.2) is 0 Å². The SMILES string of the molecule is C/C=C1\CC2CC(COC(=O)OCC)C1C2. The van der Waals surface area contributed by atoms with Crippen molar-refractivity contribution in [2.24, 2.45) is 17.8 Å². The highest BCUT2D eigenvalue weighted by atomic mass is 16.7. The van der Waals surface area contributed by atoms with Gasteiger partial charge in [0.05, 0.1) is 13.2 Å². The molecular weight excluding hydrogens is 204 g/mol. The van der Waals surface area contributed by atoms with E-state index in [2.05, 4.69) is 13.0 Å². The van der Waals surface area contributed by atoms with Crippen LogP contribution in [0.15, 0.2) is 11.6 Å². The highest BCUT2D eigenvalue weighted by Crippen LogP contribution is 2.51. The third-order valence-electron chi connectivity index (χ3n) is 3.84. The van der Waals surface area contributed by atoms with Gasteiger partial charge in [-0.15, -0.1) is 0 Å². The molecule has 3 heteroatoms. The molecule has 2 aliphatic carbocycles. The summed E-state index contributed by atoms with van der Waals surface area (Å²) in [5, 5.41) is 0. The van der Waals surface area contributed by atoms with E-state index in [0.29, 0.717) is 25.0 Å². The average Bonchev–Trinajstić information content (AvgIpc) is 2.85. The smallest absolute Gasteiger partial charge is 0.435 e. The van der Waals surface area contributed by atoms with Crippen LogP contribution in [0.4, 0.5) is 4.79 Å². The number of fused-ring (bicyclic) bond motifs is 2. The summed E-state index contributed by atoms with van der Waals surface area (Å²) in [5.74, 6) is 2.01. The number of allylic oxidation sites excluding steroid dienone is 2. The van der Waals surface area contributed by atoms with E-state index in [0.717, 1.165) is 5.92 Å². The van der Waals surface area contributed by atoms with Crippen molar-refractivity contribution in [3.05, 3.63) is 11.6 Å². The Balaban J connectivity index is 1.81. The molecule has 3 nitrogen and oxygen atoms in total. The quantitative estimate of drug-likeness (QED) is 0.545. The Labute approximate surface area is 96.8 Å². The second-order valence-corrected chi connectivity index (χ2v) is 4.77. The Morgan fingerprint density at radius 1 is 1.44 bits per heavy atom. The van der Waals surface area contributed by atoms with Crippen LogP contribution < -0.4 is 0 Å². The van der Waals surface area contributed by atoms with Crippen LogP contribution in [0, 0.1) is 17.8 Å². The maximum absolute atomic E-state index is 11.1. The molecule has 0 aromatic heterocycles. The molecule has 16 heavy (non-hydrogen) atoms. The van der Waals surface area contributed by atoms with Gasteiger partial charge in [-0.1, -0.05) is 11.6 Å². The second kappa shape index (κ2) is 4.89. The van der Waals surface area contributed by atoms with Crippen LogP contribution in [-0.4, -0.2) is 19.4 Å². The summed E-state index contributed by atoms with van der Waals surface area (Å²) >= 11 is 0. The number of hydrogen-bond acceptors (Lipinski definition) is 3. The summed E-state index contributed by atoms with van der Waals surface area (Å²) < 4.78 is 9.88. The Bertz CT molecular complexity index is 296. The summed E-state index contributed by atoms with van der Waals surface area (Å²) in [6, 6.07) is 0. The minimum absolute atomic E-state index is 0.385. The lowest BCUT2D eigenvalue weighted by atomic mass is 9.85. The molecule has 0 N–H and O–H groups in total. The molecule has 0 saturated heterocycles. The molecule has 0 aromatic carbocycles. The first-order valence-electron chi connectivity index (χ1n) is 6.19. The van der Waals surface area contributed by atoms with E-state index in [1.165, 1.54) is 19.3 Å². The number of hydrogen-bond donors (Lipinski definition) is 0. The van der Waals surface area contributed by atoms with E-state index < -0.39 is 6.16 Å². The molecule has 3 atom stereocenters. The number of carbonyl (C=O) groups excluding carboxylic acids is 1. The molecule has 2 rings (SSSR count). The van der Waals surface area contributed by atoms with Gasteiger partial charge in [0.2, 0.25) is 0 Å². The molecule has 0 aliphatic heterocycles. The molecule has 2 bridgehead atoms. The minimum atomic E-state index is -0.521. The van der Waals surface area contributed by atoms with Crippen molar-refractivity contribution in [3.63, 3.8) is 0 Å². The molecule has 2 fully saturated rings. The number of carbonyl (C=O) groups is 1. The zero-order valence-electron chi connectivity index (χ0n) is 10.1. The summed E-state index contributed by atoms with van der Waals surface area (Å²) in [6.07, 6.45) is 5.48. The fraction of sp³-hybridized carbons (Fsp3) is 0.769. The largest absolute Gasteiger partial charge is 0.508 e. The van der Waals surface area contributed by atoms with Crippen molar-refractivity contribution in [2.45, 2.75) is 33.1 Å². The molecule has 0 heterocycles. The zero-order valence-corrected chi connectivity index (χ0v) is 10.1. The fourth-order valence-electron chi connectivity index (χ4n) is 3.20. The summed E-state index contributed by atoms with van der Waals surface area (Å²) in [5.41, 5.74) is 1.56. The minimum Gasteiger partial charge on any atom is -0.435 e. The fourth-order valence-corrected chi connectivity index (χ4v) is 3.20. The van der Waals surface area contributed by atoms with Crippen LogP contribution in [0.3, 0.4) is 0 Å². The van der Waals surface area contributed by atoms with Crippen LogP contribution in [0.2, 0.25) is 0 Å². The van der Waals surface area contributed by atoms with E-state index in [9.17, 15) is 4.79 Å². The molecule has 90 valence electrons. The predicted molar refractivity (Wildman–Crippen MR) is 61.1 cm³/mol. The molecule has 2 saturated carbocycles. The third kappa shape index (κ3) is 2.23. The van der Waals surface area contributed by atoms with Gasteiger partial charge in [-0.2, -0.15) is 0 Å². The van der Waals surface area contributed by atoms with Gasteiger partial charge in [0.25, 0.3) is 0 Å². The first kappa shape index (κ1) is 11.5. The predicted octanol–water partition coefficient (Wildman–Crippen LogP) is 3.15. The molecule has 3 unspecified atom stereocenters. The standard InChI is InChI=1S/C13H20O3/c1-3-10-5-9-6-11(12(10)7-9)8-16-13(14)15-4-2/h3,9,11-12H,4-8H2,1-2H3/b10-3+. The van der Waals surface area contributed by atoms with Crippen molar-refractivity contribution in [2.75, 3.05) is 13.2 Å². The van der Waals surface area contributed by atoms with Crippen molar-refractivity contribution < 1.29 is 14.3 Å². The van der Waals surface area contributed by atoms with Crippen molar-refractivity contribution in [1.29, 1.82) is 0 Å². The van der Waals surface area contributed by atoms with Gasteiger partial charge in [-0.25, -0.2) is 4.79 Å². The summed E-state index contributed by atoms with van der Waals surface area (Å²) in [6.45, 7) is 4.81. The molecule has 0 radical (unpaired) electrons. The maximum Gasteiger partial charge on any atom is 0.508 e. The van der Waals surface area contributed by atoms with E-state index >= 15 is 0 Å². The van der Waals surface area contributed by atoms with Crippen molar-refractivity contribution in [3.8, 4) is 0 Å². The number of ether oxygens (including phenoxy) is 2. The Kier molecular flexibility index (Phi) is 3.52. The second-order valence-electron chi connectivity index (χ2n) is 4.77. The lowest BCUT2D eigenvalue weighted by Gasteiger charge is -2.23. The van der Waals surface area contributed by atoms with E-state index in [-0.39, 0.29) is 0 Å². The summed E-state index contributed by atoms with van der Waals surface area (Å²) in [4.78, 5) is 11.1. The first-order valence-corrected chi connectivity index (χ1v) is 6.19. The average molecular weight is 224 g/mol. The van der Waals surface area contributed by atoms with Crippen LogP contribution in [0.1, 0.15) is 33.1 Å². The Hall–Kier alpha value is -0.990. The highest BCUT2D eigenvalue weighted by Gasteiger charge is 2.42. The van der Waals surface area contributed by atoms with Gasteiger partial charge in [0, 0.05) is 5.92 Å². The third-order valence-corrected chi connectivity index (χ3v) is 3.84. The van der Waals surface area contributed by atoms with E-state index in [4.69, 9.17) is 9.47 Å². The Morgan fingerprint density at radius 2 is 2.25 bits per heavy atom. The normalized spacial score (nSPS) is 34.4. The van der Waals surface area contributed by atoms with Gasteiger partial charge < -0.3 is 9.47 Å². The Morgan fingerprint density at radius 3 is 2.88 bits per heavy atom. The summed E-state index contributed by atoms with van der Waals surface area (Å²) in [7, 11) is 0. The van der Waals surface area contributed by atoms with E-state index in [1.807, 2.05) is 0 Å². The molecule has 0 amide bonds. The van der Waals surface area contributed by atoms with Crippen LogP contribution in [0.5, 0.6) is 0 Å². The van der Waals surface area contributed by atoms with Crippen molar-refractivity contribution in [1.82, 2.24) is 0 Å². The molecule has 2 aliphatic rings. The molecule has 0 aromatic rings. The van der Waals surface area contributed by atoms with Crippen LogP contribution in [0.25, 0.3) is 0 Å². The zero-order chi connectivity index (χ0) is 11.5. The van der Waals surface area contributed by atoms with Gasteiger partial charge in [0.1, 0.15) is 0 Å². The topological polar surface area (TPSA) is 35.5 Å². The van der Waals surface area contributed by atoms with Crippen LogP contribution in [-0.2, 0) is 9.47 Å². The van der Waals surface area contributed by atoms with Crippen molar-refractivity contribution >= 4 is 6.16 Å². The lowest BCUT2D eigenvalue weighted by Crippen LogP contribution is -2.21. The van der Waals surface area contributed by atoms with Gasteiger partial charge in [-0.05, 0) is 44.9 Å². The van der Waals surface area contributed by atoms with Gasteiger partial charge in [-0.3, -0.25) is 0 Å². The number of rotatable bonds is 3. The lowest BCUT2D eigenvalue weighted by molar-refractivity contribution is 0.0432. The molecular formula is C13H20O3. The highest BCUT2D eigenvalue weighted by molar-refractivity contribution is 5.59. The van der Waals surface area contributed by atoms with Gasteiger partial charge >= 0.3 is 6.16 Å². The van der Waals surface area contributed by atoms with E-state index in [1.54, 1.807) is 12.5 Å².